The molecule has 0 spiro atoms. The van der Waals surface area contributed by atoms with Crippen molar-refractivity contribution in [2.24, 2.45) is 7.05 Å². The fourth-order valence-electron chi connectivity index (χ4n) is 1.80. The maximum atomic E-state index is 4.15. The predicted octanol–water partition coefficient (Wildman–Crippen LogP) is 2.98. The van der Waals surface area contributed by atoms with Gasteiger partial charge in [0.1, 0.15) is 5.82 Å². The van der Waals surface area contributed by atoms with Crippen LogP contribution in [-0.2, 0) is 7.05 Å². The maximum Gasteiger partial charge on any atom is 0.124 e. The number of rotatable bonds is 4. The molecule has 2 aromatic rings. The molecule has 3 heteroatoms. The molecule has 0 fully saturated rings. The van der Waals surface area contributed by atoms with Gasteiger partial charge in [0, 0.05) is 13.1 Å². The van der Waals surface area contributed by atoms with Crippen molar-refractivity contribution in [2.75, 3.05) is 5.32 Å². The molecule has 0 saturated heterocycles. The summed E-state index contributed by atoms with van der Waals surface area (Å²) in [6, 6.07) is 12.8. The first kappa shape index (κ1) is 10.7. The molecule has 16 heavy (non-hydrogen) atoms. The Labute approximate surface area is 96.1 Å². The minimum atomic E-state index is 0.344. The highest BCUT2D eigenvalue weighted by Crippen LogP contribution is 2.21. The predicted molar refractivity (Wildman–Crippen MR) is 66.3 cm³/mol. The summed E-state index contributed by atoms with van der Waals surface area (Å²) in [6.07, 6.45) is 2.86. The molecule has 1 aromatic heterocycles. The Morgan fingerprint density at radius 2 is 2.00 bits per heavy atom. The lowest BCUT2D eigenvalue weighted by Gasteiger charge is -2.18. The minimum absolute atomic E-state index is 0.344. The molecule has 0 aliphatic rings. The summed E-state index contributed by atoms with van der Waals surface area (Å²) in [7, 11) is 1.94. The molecule has 1 aromatic carbocycles. The van der Waals surface area contributed by atoms with E-state index in [2.05, 4.69) is 41.6 Å². The molecule has 0 radical (unpaired) electrons. The van der Waals surface area contributed by atoms with E-state index in [4.69, 9.17) is 0 Å². The first-order valence-electron chi connectivity index (χ1n) is 5.60. The Morgan fingerprint density at radius 3 is 2.56 bits per heavy atom. The van der Waals surface area contributed by atoms with Crippen LogP contribution in [0.15, 0.2) is 42.6 Å². The van der Waals surface area contributed by atoms with Crippen LogP contribution in [0.3, 0.4) is 0 Å². The molecule has 1 N–H and O–H groups in total. The van der Waals surface area contributed by atoms with Gasteiger partial charge in [-0.05, 0) is 12.0 Å². The van der Waals surface area contributed by atoms with Crippen molar-refractivity contribution in [2.45, 2.75) is 19.4 Å². The van der Waals surface area contributed by atoms with E-state index in [-0.39, 0.29) is 0 Å². The third-order valence-corrected chi connectivity index (χ3v) is 2.75. The zero-order valence-electron chi connectivity index (χ0n) is 9.72. The second kappa shape index (κ2) is 4.84. The molecule has 0 saturated carbocycles. The second-order valence-electron chi connectivity index (χ2n) is 3.86. The molecular formula is C13H17N3. The van der Waals surface area contributed by atoms with Crippen LogP contribution < -0.4 is 5.32 Å². The highest BCUT2D eigenvalue weighted by molar-refractivity contribution is 5.38. The fraction of sp³-hybridized carbons (Fsp3) is 0.308. The van der Waals surface area contributed by atoms with Crippen molar-refractivity contribution in [1.82, 2.24) is 9.78 Å². The van der Waals surface area contributed by atoms with Crippen LogP contribution in [0.2, 0.25) is 0 Å². The molecule has 84 valence electrons. The van der Waals surface area contributed by atoms with E-state index in [0.717, 1.165) is 12.2 Å². The molecule has 2 rings (SSSR count). The quantitative estimate of drug-likeness (QED) is 0.849. The van der Waals surface area contributed by atoms with Gasteiger partial charge in [0.25, 0.3) is 0 Å². The third kappa shape index (κ3) is 2.24. The fourth-order valence-corrected chi connectivity index (χ4v) is 1.80. The van der Waals surface area contributed by atoms with E-state index >= 15 is 0 Å². The van der Waals surface area contributed by atoms with Gasteiger partial charge in [0.2, 0.25) is 0 Å². The summed E-state index contributed by atoms with van der Waals surface area (Å²) < 4.78 is 1.85. The number of hydrogen-bond donors (Lipinski definition) is 1. The van der Waals surface area contributed by atoms with E-state index < -0.39 is 0 Å². The van der Waals surface area contributed by atoms with Crippen LogP contribution in [0.5, 0.6) is 0 Å². The Hall–Kier alpha value is -1.77. The monoisotopic (exact) mass is 215 g/mol. The van der Waals surface area contributed by atoms with Crippen molar-refractivity contribution < 1.29 is 0 Å². The number of aryl methyl sites for hydroxylation is 1. The third-order valence-electron chi connectivity index (χ3n) is 2.75. The van der Waals surface area contributed by atoms with Crippen molar-refractivity contribution in [3.05, 3.63) is 48.2 Å². The van der Waals surface area contributed by atoms with Gasteiger partial charge < -0.3 is 5.32 Å². The van der Waals surface area contributed by atoms with Crippen molar-refractivity contribution in [3.8, 4) is 0 Å². The summed E-state index contributed by atoms with van der Waals surface area (Å²) in [5.41, 5.74) is 1.31. The molecular weight excluding hydrogens is 198 g/mol. The number of nitrogens with one attached hydrogen (secondary N) is 1. The smallest absolute Gasteiger partial charge is 0.124 e. The zero-order valence-corrected chi connectivity index (χ0v) is 9.72. The number of nitrogens with zero attached hydrogens (tertiary/aromatic N) is 2. The van der Waals surface area contributed by atoms with Gasteiger partial charge in [-0.1, -0.05) is 37.3 Å². The Balaban J connectivity index is 2.16. The van der Waals surface area contributed by atoms with Gasteiger partial charge in [-0.3, -0.25) is 4.68 Å². The summed E-state index contributed by atoms with van der Waals surface area (Å²) in [6.45, 7) is 2.18. The number of benzene rings is 1. The largest absolute Gasteiger partial charge is 0.363 e. The van der Waals surface area contributed by atoms with Crippen LogP contribution >= 0.6 is 0 Å². The highest BCUT2D eigenvalue weighted by atomic mass is 15.3. The Kier molecular flexibility index (Phi) is 3.25. The summed E-state index contributed by atoms with van der Waals surface area (Å²) in [5.74, 6) is 1.05. The molecule has 3 nitrogen and oxygen atoms in total. The lowest BCUT2D eigenvalue weighted by molar-refractivity contribution is 0.708. The van der Waals surface area contributed by atoms with E-state index in [0.29, 0.717) is 6.04 Å². The first-order valence-corrected chi connectivity index (χ1v) is 5.60. The average molecular weight is 215 g/mol. The minimum Gasteiger partial charge on any atom is -0.363 e. The van der Waals surface area contributed by atoms with Gasteiger partial charge in [0.05, 0.1) is 12.2 Å². The zero-order chi connectivity index (χ0) is 11.4. The molecule has 0 amide bonds. The molecule has 1 atom stereocenters. The molecule has 1 unspecified atom stereocenters. The first-order chi connectivity index (χ1) is 7.81. The van der Waals surface area contributed by atoms with Gasteiger partial charge in [-0.25, -0.2) is 0 Å². The number of aromatic nitrogens is 2. The van der Waals surface area contributed by atoms with Crippen LogP contribution in [0.25, 0.3) is 0 Å². The second-order valence-corrected chi connectivity index (χ2v) is 3.86. The maximum absolute atomic E-state index is 4.15. The van der Waals surface area contributed by atoms with Crippen molar-refractivity contribution in [3.63, 3.8) is 0 Å². The van der Waals surface area contributed by atoms with Crippen molar-refractivity contribution in [1.29, 1.82) is 0 Å². The van der Waals surface area contributed by atoms with Gasteiger partial charge in [0.15, 0.2) is 0 Å². The SMILES string of the molecule is CCC(Nc1ccnn1C)c1ccccc1. The molecule has 0 aliphatic carbocycles. The van der Waals surface area contributed by atoms with E-state index in [1.54, 1.807) is 6.20 Å². The highest BCUT2D eigenvalue weighted by Gasteiger charge is 2.09. The van der Waals surface area contributed by atoms with Crippen LogP contribution in [0.1, 0.15) is 24.9 Å². The number of anilines is 1. The summed E-state index contributed by atoms with van der Waals surface area (Å²) >= 11 is 0. The van der Waals surface area contributed by atoms with Crippen LogP contribution in [-0.4, -0.2) is 9.78 Å². The van der Waals surface area contributed by atoms with E-state index in [1.165, 1.54) is 5.56 Å². The molecule has 1 heterocycles. The molecule has 0 aliphatic heterocycles. The van der Waals surface area contributed by atoms with Gasteiger partial charge in [-0.2, -0.15) is 5.10 Å². The van der Waals surface area contributed by atoms with Crippen LogP contribution in [0, 0.1) is 0 Å². The summed E-state index contributed by atoms with van der Waals surface area (Å²) in [4.78, 5) is 0. The number of hydrogen-bond acceptors (Lipinski definition) is 2. The van der Waals surface area contributed by atoms with E-state index in [1.807, 2.05) is 23.9 Å². The van der Waals surface area contributed by atoms with Gasteiger partial charge in [-0.15, -0.1) is 0 Å². The van der Waals surface area contributed by atoms with E-state index in [9.17, 15) is 0 Å². The van der Waals surface area contributed by atoms with Crippen LogP contribution in [0.4, 0.5) is 5.82 Å². The van der Waals surface area contributed by atoms with Crippen molar-refractivity contribution >= 4 is 5.82 Å². The average Bonchev–Trinajstić information content (AvgIpc) is 2.73. The lowest BCUT2D eigenvalue weighted by atomic mass is 10.0. The molecule has 0 bridgehead atoms. The Bertz CT molecular complexity index is 433. The Morgan fingerprint density at radius 1 is 1.25 bits per heavy atom. The standard InChI is InChI=1S/C13H17N3/c1-3-12(11-7-5-4-6-8-11)15-13-9-10-14-16(13)2/h4-10,12,15H,3H2,1-2H3. The topological polar surface area (TPSA) is 29.9 Å². The normalized spacial score (nSPS) is 12.4. The summed E-state index contributed by atoms with van der Waals surface area (Å²) in [5, 5.41) is 7.65. The van der Waals surface area contributed by atoms with Gasteiger partial charge >= 0.3 is 0 Å². The lowest BCUT2D eigenvalue weighted by Crippen LogP contribution is -2.12.